The van der Waals surface area contributed by atoms with Crippen LogP contribution in [0.1, 0.15) is 75.5 Å². The Morgan fingerprint density at radius 1 is 1.06 bits per heavy atom. The molecule has 2 aliphatic heterocycles. The third kappa shape index (κ3) is 7.44. The molecular weight excluding hydrogens is 705 g/mol. The van der Waals surface area contributed by atoms with Crippen molar-refractivity contribution < 1.29 is 36.9 Å². The van der Waals surface area contributed by atoms with Gasteiger partial charge in [-0.1, -0.05) is 87.4 Å². The van der Waals surface area contributed by atoms with Gasteiger partial charge < -0.3 is 27.2 Å². The van der Waals surface area contributed by atoms with E-state index in [2.05, 4.69) is 77.3 Å². The third-order valence-corrected chi connectivity index (χ3v) is 20.0. The van der Waals surface area contributed by atoms with Gasteiger partial charge in [-0.3, -0.25) is 24.8 Å². The van der Waals surface area contributed by atoms with Gasteiger partial charge in [0.2, 0.25) is 17.6 Å². The maximum absolute atomic E-state index is 12.8. The molecule has 0 spiro atoms. The zero-order valence-electron chi connectivity index (χ0n) is 31.7. The average Bonchev–Trinajstić information content (AvgIpc) is 3.63. The van der Waals surface area contributed by atoms with Gasteiger partial charge in [0.05, 0.1) is 24.5 Å². The van der Waals surface area contributed by atoms with Crippen molar-refractivity contribution in [2.24, 2.45) is 5.92 Å². The lowest BCUT2D eigenvalue weighted by Gasteiger charge is -2.51. The molecule has 0 aliphatic carbocycles. The van der Waals surface area contributed by atoms with E-state index >= 15 is 0 Å². The van der Waals surface area contributed by atoms with Crippen molar-refractivity contribution in [1.29, 1.82) is 0 Å². The molecule has 1 amide bonds. The molecule has 17 heteroatoms. The third-order valence-electron chi connectivity index (χ3n) is 9.72. The predicted octanol–water partition coefficient (Wildman–Crippen LogP) is 7.55. The van der Waals surface area contributed by atoms with Crippen molar-refractivity contribution in [3.8, 4) is 11.6 Å². The number of nitro groups is 1. The van der Waals surface area contributed by atoms with Gasteiger partial charge >= 0.3 is 22.8 Å². The van der Waals surface area contributed by atoms with Crippen molar-refractivity contribution in [2.75, 3.05) is 18.5 Å². The molecule has 0 saturated carbocycles. The molecule has 5 rings (SSSR count). The van der Waals surface area contributed by atoms with E-state index in [0.29, 0.717) is 0 Å². The van der Waals surface area contributed by atoms with Crippen molar-refractivity contribution in [3.63, 3.8) is 0 Å². The Bertz CT molecular complexity index is 1750. The van der Waals surface area contributed by atoms with Crippen LogP contribution in [0.2, 0.25) is 22.2 Å². The number of anilines is 1. The van der Waals surface area contributed by atoms with Gasteiger partial charge in [0.1, 0.15) is 18.3 Å². The summed E-state index contributed by atoms with van der Waals surface area (Å²) >= 11 is 0. The molecule has 3 aromatic rings. The molecule has 2 aromatic heterocycles. The summed E-state index contributed by atoms with van der Waals surface area (Å²) in [6.45, 7) is 25.1. The van der Waals surface area contributed by atoms with E-state index in [9.17, 15) is 14.9 Å². The number of para-hydroxylation sites is 2. The number of hydrogen-bond acceptors (Lipinski definition) is 12. The number of rotatable bonds is 13. The highest BCUT2D eigenvalue weighted by molar-refractivity contribution is 6.84. The van der Waals surface area contributed by atoms with E-state index in [1.807, 2.05) is 0 Å². The van der Waals surface area contributed by atoms with Crippen LogP contribution in [0.15, 0.2) is 43.2 Å². The van der Waals surface area contributed by atoms with Gasteiger partial charge in [0.25, 0.3) is 5.88 Å². The normalized spacial score (nSPS) is 22.9. The number of amides is 1. The van der Waals surface area contributed by atoms with E-state index in [1.54, 1.807) is 30.6 Å². The van der Waals surface area contributed by atoms with Crippen LogP contribution in [0.3, 0.4) is 0 Å². The van der Waals surface area contributed by atoms with Gasteiger partial charge in [0, 0.05) is 12.0 Å². The molecule has 0 unspecified atom stereocenters. The largest absolute Gasteiger partial charge is 0.429 e. The molecule has 284 valence electrons. The SMILES string of the molecule is C=CCO[C@@H]1[C@@H]2O[Si](C(C)C)(C(C)C)O[Si](C(C)C)(C(C)C)OC[C@H]2O[C@H]1n1cnc2c(Oc3ccccc3[N+](=O)[O-])nc(NC(=O)C(C)C)nc21. The Balaban J connectivity index is 1.66. The van der Waals surface area contributed by atoms with Crippen molar-refractivity contribution in [1.82, 2.24) is 19.5 Å². The standard InChI is InChI=1S/C35H52N6O9Si2/c1-12-17-45-30-29-27(18-46-51(21(4)5,22(6)7)50-52(49-29,23(8)9)24(10)11)48-34(30)40-19-36-28-31(40)37-35(38-32(42)20(2)3)39-33(28)47-26-16-14-13-15-25(26)41(43)44/h12-16,19-24,27,29-30,34H,1,17-18H2,2-11H3,(H,37,38,39,42)/t27-,29-,30-,34-/m1/s1. The van der Waals surface area contributed by atoms with Gasteiger partial charge in [-0.05, 0) is 28.2 Å². The molecule has 1 aromatic carbocycles. The monoisotopic (exact) mass is 756 g/mol. The molecular formula is C35H52N6O9Si2. The smallest absolute Gasteiger partial charge is 0.335 e. The van der Waals surface area contributed by atoms with Gasteiger partial charge in [-0.15, -0.1) is 6.58 Å². The number of nitrogens with zero attached hydrogens (tertiary/aromatic N) is 5. The highest BCUT2D eigenvalue weighted by atomic mass is 28.5. The Labute approximate surface area is 307 Å². The van der Waals surface area contributed by atoms with Crippen LogP contribution in [0.5, 0.6) is 11.6 Å². The number of carbonyl (C=O) groups is 1. The zero-order valence-corrected chi connectivity index (χ0v) is 33.7. The van der Waals surface area contributed by atoms with Crippen molar-refractivity contribution in [3.05, 3.63) is 53.4 Å². The van der Waals surface area contributed by atoms with E-state index in [0.717, 1.165) is 0 Å². The Hall–Kier alpha value is -3.59. The Kier molecular flexibility index (Phi) is 12.0. The number of nitro benzene ring substituents is 1. The lowest BCUT2D eigenvalue weighted by Crippen LogP contribution is -2.66. The number of fused-ring (bicyclic) bond motifs is 2. The van der Waals surface area contributed by atoms with Crippen LogP contribution in [0.4, 0.5) is 11.6 Å². The molecule has 52 heavy (non-hydrogen) atoms. The molecule has 15 nitrogen and oxygen atoms in total. The number of aromatic nitrogens is 4. The number of benzene rings is 1. The molecule has 2 aliphatic rings. The number of ether oxygens (including phenoxy) is 3. The topological polar surface area (TPSA) is 171 Å². The maximum atomic E-state index is 12.8. The first kappa shape index (κ1) is 39.6. The first-order chi connectivity index (χ1) is 24.6. The molecule has 4 heterocycles. The minimum Gasteiger partial charge on any atom is -0.429 e. The van der Waals surface area contributed by atoms with Crippen LogP contribution in [0.25, 0.3) is 11.2 Å². The van der Waals surface area contributed by atoms with Crippen LogP contribution in [0, 0.1) is 16.0 Å². The summed E-state index contributed by atoms with van der Waals surface area (Å²) < 4.78 is 42.8. The van der Waals surface area contributed by atoms with Crippen LogP contribution < -0.4 is 10.1 Å². The highest BCUT2D eigenvalue weighted by Gasteiger charge is 2.62. The summed E-state index contributed by atoms with van der Waals surface area (Å²) in [6.07, 6.45) is 0.547. The summed E-state index contributed by atoms with van der Waals surface area (Å²) in [5.41, 5.74) is 0.623. The van der Waals surface area contributed by atoms with Crippen molar-refractivity contribution >= 4 is 45.8 Å². The van der Waals surface area contributed by atoms with Crippen molar-refractivity contribution in [2.45, 2.75) is 116 Å². The van der Waals surface area contributed by atoms with E-state index < -0.39 is 46.6 Å². The summed E-state index contributed by atoms with van der Waals surface area (Å²) in [4.78, 5) is 37.8. The lowest BCUT2D eigenvalue weighted by molar-refractivity contribution is -0.385. The fourth-order valence-electron chi connectivity index (χ4n) is 6.96. The Morgan fingerprint density at radius 2 is 1.71 bits per heavy atom. The van der Waals surface area contributed by atoms with E-state index in [4.69, 9.17) is 32.2 Å². The lowest BCUT2D eigenvalue weighted by atomic mass is 10.1. The molecule has 2 saturated heterocycles. The van der Waals surface area contributed by atoms with Crippen LogP contribution in [-0.4, -0.2) is 79.0 Å². The fourth-order valence-corrected chi connectivity index (χ4v) is 18.2. The summed E-state index contributed by atoms with van der Waals surface area (Å²) in [5, 5.41) is 14.6. The van der Waals surface area contributed by atoms with Gasteiger partial charge in [0.15, 0.2) is 17.4 Å². The van der Waals surface area contributed by atoms with Crippen LogP contribution >= 0.6 is 0 Å². The highest BCUT2D eigenvalue weighted by Crippen LogP contribution is 2.49. The second kappa shape index (κ2) is 15.8. The fraction of sp³-hybridized carbons (Fsp3) is 0.600. The van der Waals surface area contributed by atoms with E-state index in [-0.39, 0.29) is 81.6 Å². The summed E-state index contributed by atoms with van der Waals surface area (Å²) in [5.74, 6) is -0.927. The summed E-state index contributed by atoms with van der Waals surface area (Å²) in [6, 6.07) is 5.94. The second-order valence-electron chi connectivity index (χ2n) is 14.9. The quantitative estimate of drug-likeness (QED) is 0.0787. The maximum Gasteiger partial charge on any atom is 0.335 e. The van der Waals surface area contributed by atoms with Gasteiger partial charge in [-0.25, -0.2) is 4.98 Å². The number of imidazole rings is 1. The molecule has 4 atom stereocenters. The van der Waals surface area contributed by atoms with Gasteiger partial charge in [-0.2, -0.15) is 9.97 Å². The Morgan fingerprint density at radius 3 is 2.31 bits per heavy atom. The second-order valence-corrected chi connectivity index (χ2v) is 23.7. The predicted molar refractivity (Wildman–Crippen MR) is 200 cm³/mol. The molecule has 1 N–H and O–H groups in total. The number of hydrogen-bond donors (Lipinski definition) is 1. The number of carbonyl (C=O) groups excluding carboxylic acids is 1. The molecule has 0 bridgehead atoms. The minimum atomic E-state index is -3.04. The summed E-state index contributed by atoms with van der Waals surface area (Å²) in [7, 11) is -5.90. The average molecular weight is 757 g/mol. The first-order valence-corrected chi connectivity index (χ1v) is 21.9. The zero-order chi connectivity index (χ0) is 38.1. The molecule has 0 radical (unpaired) electrons. The first-order valence-electron chi connectivity index (χ1n) is 17.9. The minimum absolute atomic E-state index is 0.0526. The van der Waals surface area contributed by atoms with Crippen LogP contribution in [-0.2, 0) is 27.2 Å². The number of nitrogens with one attached hydrogen (secondary N) is 1. The van der Waals surface area contributed by atoms with E-state index in [1.165, 1.54) is 24.5 Å². The molecule has 2 fully saturated rings.